The van der Waals surface area contributed by atoms with E-state index in [0.717, 1.165) is 44.6 Å². The lowest BCUT2D eigenvalue weighted by molar-refractivity contribution is 0.102. The van der Waals surface area contributed by atoms with Gasteiger partial charge in [0.05, 0.1) is 0 Å². The van der Waals surface area contributed by atoms with E-state index in [-0.39, 0.29) is 6.04 Å². The van der Waals surface area contributed by atoms with Crippen molar-refractivity contribution >= 4 is 10.9 Å². The van der Waals surface area contributed by atoms with Crippen LogP contribution in [0.2, 0.25) is 0 Å². The topological polar surface area (TPSA) is 87.8 Å². The maximum atomic E-state index is 6.24. The van der Waals surface area contributed by atoms with Crippen LogP contribution in [0.1, 0.15) is 30.0 Å². The predicted molar refractivity (Wildman–Crippen MR) is 128 cm³/mol. The van der Waals surface area contributed by atoms with Crippen LogP contribution in [0.3, 0.4) is 0 Å². The lowest BCUT2D eigenvalue weighted by Crippen LogP contribution is -2.53. The molecule has 7 nitrogen and oxygen atoms in total. The summed E-state index contributed by atoms with van der Waals surface area (Å²) in [6.45, 7) is 3.73. The average molecular weight is 430 g/mol. The first-order chi connectivity index (χ1) is 15.8. The SMILES string of the molecule is NCC(c1ccccc1)N1CCNCC1CCCc1c[nH]c2ccc(-n3cnnc3)cc12. The van der Waals surface area contributed by atoms with E-state index >= 15 is 0 Å². The number of aromatic nitrogens is 4. The highest BCUT2D eigenvalue weighted by atomic mass is 15.2. The molecule has 1 saturated heterocycles. The summed E-state index contributed by atoms with van der Waals surface area (Å²) in [5.74, 6) is 0. The molecule has 0 spiro atoms. The highest BCUT2D eigenvalue weighted by Crippen LogP contribution is 2.27. The van der Waals surface area contributed by atoms with Crippen LogP contribution in [0.5, 0.6) is 0 Å². The largest absolute Gasteiger partial charge is 0.361 e. The Kier molecular flexibility index (Phi) is 6.29. The van der Waals surface area contributed by atoms with Crippen molar-refractivity contribution in [1.29, 1.82) is 0 Å². The van der Waals surface area contributed by atoms with E-state index < -0.39 is 0 Å². The second-order valence-corrected chi connectivity index (χ2v) is 8.56. The van der Waals surface area contributed by atoms with Crippen molar-refractivity contribution in [3.63, 3.8) is 0 Å². The van der Waals surface area contributed by atoms with E-state index in [0.29, 0.717) is 12.6 Å². The van der Waals surface area contributed by atoms with Crippen LogP contribution in [0.4, 0.5) is 0 Å². The number of rotatable bonds is 8. The number of nitrogens with one attached hydrogen (secondary N) is 2. The van der Waals surface area contributed by atoms with Gasteiger partial charge in [-0.2, -0.15) is 0 Å². The Morgan fingerprint density at radius 3 is 2.75 bits per heavy atom. The molecule has 0 bridgehead atoms. The first-order valence-corrected chi connectivity index (χ1v) is 11.5. The maximum absolute atomic E-state index is 6.24. The maximum Gasteiger partial charge on any atom is 0.123 e. The van der Waals surface area contributed by atoms with Crippen LogP contribution in [0.25, 0.3) is 16.6 Å². The first-order valence-electron chi connectivity index (χ1n) is 11.5. The number of fused-ring (bicyclic) bond motifs is 1. The van der Waals surface area contributed by atoms with Gasteiger partial charge in [-0.1, -0.05) is 30.3 Å². The van der Waals surface area contributed by atoms with Crippen molar-refractivity contribution in [1.82, 2.24) is 30.0 Å². The Hall–Kier alpha value is -3.00. The van der Waals surface area contributed by atoms with Gasteiger partial charge in [0.25, 0.3) is 0 Å². The number of aromatic amines is 1. The fraction of sp³-hybridized carbons (Fsp3) is 0.360. The molecule has 3 heterocycles. The quantitative estimate of drug-likeness (QED) is 0.401. The van der Waals surface area contributed by atoms with Crippen molar-refractivity contribution in [3.05, 3.63) is 78.5 Å². The summed E-state index contributed by atoms with van der Waals surface area (Å²) < 4.78 is 1.94. The molecule has 0 amide bonds. The number of H-pyrrole nitrogens is 1. The molecular formula is C25H31N7. The minimum atomic E-state index is 0.280. The summed E-state index contributed by atoms with van der Waals surface area (Å²) in [5, 5.41) is 12.7. The minimum absolute atomic E-state index is 0.280. The number of hydrogen-bond acceptors (Lipinski definition) is 5. The standard InChI is InChI=1S/C25H31N7/c26-14-25(19-5-2-1-3-6-19)32-12-11-27-16-22(32)8-4-7-20-15-28-24-10-9-21(13-23(20)24)31-17-29-30-18-31/h1-3,5-6,9-10,13,15,17-18,22,25,27-28H,4,7-8,11-12,14,16,26H2. The van der Waals surface area contributed by atoms with Gasteiger partial charge < -0.3 is 16.0 Å². The van der Waals surface area contributed by atoms with Gasteiger partial charge in [0.2, 0.25) is 0 Å². The van der Waals surface area contributed by atoms with Crippen LogP contribution < -0.4 is 11.1 Å². The molecular weight excluding hydrogens is 398 g/mol. The second-order valence-electron chi connectivity index (χ2n) is 8.56. The monoisotopic (exact) mass is 429 g/mol. The van der Waals surface area contributed by atoms with E-state index in [1.807, 2.05) is 4.57 Å². The van der Waals surface area contributed by atoms with Crippen molar-refractivity contribution in [2.24, 2.45) is 5.73 Å². The van der Waals surface area contributed by atoms with Gasteiger partial charge in [-0.25, -0.2) is 0 Å². The molecule has 166 valence electrons. The van der Waals surface area contributed by atoms with Crippen LogP contribution in [-0.4, -0.2) is 56.9 Å². The summed E-state index contributed by atoms with van der Waals surface area (Å²) in [4.78, 5) is 6.04. The molecule has 0 saturated carbocycles. The number of piperazine rings is 1. The molecule has 7 heteroatoms. The summed E-state index contributed by atoms with van der Waals surface area (Å²) in [6.07, 6.45) is 8.96. The Morgan fingerprint density at radius 1 is 1.09 bits per heavy atom. The van der Waals surface area contributed by atoms with Gasteiger partial charge in [0.15, 0.2) is 0 Å². The van der Waals surface area contributed by atoms with Gasteiger partial charge in [-0.15, -0.1) is 10.2 Å². The van der Waals surface area contributed by atoms with Crippen LogP contribution >= 0.6 is 0 Å². The average Bonchev–Trinajstić information content (AvgIpc) is 3.51. The summed E-state index contributed by atoms with van der Waals surface area (Å²) in [6, 6.07) is 17.9. The third-order valence-electron chi connectivity index (χ3n) is 6.66. The lowest BCUT2D eigenvalue weighted by atomic mass is 9.97. The van der Waals surface area contributed by atoms with E-state index in [9.17, 15) is 0 Å². The van der Waals surface area contributed by atoms with Gasteiger partial charge in [-0.05, 0) is 48.6 Å². The molecule has 5 rings (SSSR count). The van der Waals surface area contributed by atoms with Crippen LogP contribution in [0.15, 0.2) is 67.4 Å². The minimum Gasteiger partial charge on any atom is -0.361 e. The lowest BCUT2D eigenvalue weighted by Gasteiger charge is -2.41. The van der Waals surface area contributed by atoms with Crippen LogP contribution in [0, 0.1) is 0 Å². The molecule has 1 aliphatic heterocycles. The fourth-order valence-electron chi connectivity index (χ4n) is 4.99. The van der Waals surface area contributed by atoms with Crippen molar-refractivity contribution in [3.8, 4) is 5.69 Å². The Bertz CT molecular complexity index is 1120. The third-order valence-corrected chi connectivity index (χ3v) is 6.66. The Labute approximate surface area is 188 Å². The fourth-order valence-corrected chi connectivity index (χ4v) is 4.99. The molecule has 4 aromatic rings. The number of aryl methyl sites for hydroxylation is 1. The third kappa shape index (κ3) is 4.32. The molecule has 0 aliphatic carbocycles. The zero-order valence-corrected chi connectivity index (χ0v) is 18.3. The Morgan fingerprint density at radius 2 is 1.94 bits per heavy atom. The number of benzene rings is 2. The van der Waals surface area contributed by atoms with Gasteiger partial charge >= 0.3 is 0 Å². The summed E-state index contributed by atoms with van der Waals surface area (Å²) >= 11 is 0. The molecule has 4 N–H and O–H groups in total. The number of nitrogens with two attached hydrogens (primary N) is 1. The van der Waals surface area contributed by atoms with E-state index in [1.54, 1.807) is 12.7 Å². The molecule has 0 radical (unpaired) electrons. The number of nitrogens with zero attached hydrogens (tertiary/aromatic N) is 4. The molecule has 2 aromatic carbocycles. The Balaban J connectivity index is 1.28. The molecule has 2 aromatic heterocycles. The zero-order valence-electron chi connectivity index (χ0n) is 18.3. The zero-order chi connectivity index (χ0) is 21.8. The normalized spacial score (nSPS) is 18.2. The highest BCUT2D eigenvalue weighted by molar-refractivity contribution is 5.85. The van der Waals surface area contributed by atoms with E-state index in [1.165, 1.54) is 22.0 Å². The van der Waals surface area contributed by atoms with Gasteiger partial charge in [0.1, 0.15) is 12.7 Å². The molecule has 1 aliphatic rings. The van der Waals surface area contributed by atoms with Gasteiger partial charge in [-0.3, -0.25) is 9.47 Å². The van der Waals surface area contributed by atoms with E-state index in [4.69, 9.17) is 5.73 Å². The summed E-state index contributed by atoms with van der Waals surface area (Å²) in [7, 11) is 0. The van der Waals surface area contributed by atoms with Crippen molar-refractivity contribution < 1.29 is 0 Å². The first kappa shape index (κ1) is 20.9. The van der Waals surface area contributed by atoms with Crippen LogP contribution in [-0.2, 0) is 6.42 Å². The molecule has 32 heavy (non-hydrogen) atoms. The van der Waals surface area contributed by atoms with Crippen molar-refractivity contribution in [2.75, 3.05) is 26.2 Å². The molecule has 1 fully saturated rings. The predicted octanol–water partition coefficient (Wildman–Crippen LogP) is 3.05. The van der Waals surface area contributed by atoms with E-state index in [2.05, 4.69) is 80.1 Å². The smallest absolute Gasteiger partial charge is 0.123 e. The highest BCUT2D eigenvalue weighted by Gasteiger charge is 2.28. The number of hydrogen-bond donors (Lipinski definition) is 3. The summed E-state index contributed by atoms with van der Waals surface area (Å²) in [5.41, 5.74) is 11.2. The van der Waals surface area contributed by atoms with Gasteiger partial charge in [0, 0.05) is 61.0 Å². The van der Waals surface area contributed by atoms with Crippen molar-refractivity contribution in [2.45, 2.75) is 31.3 Å². The second kappa shape index (κ2) is 9.65. The molecule has 2 unspecified atom stereocenters. The molecule has 2 atom stereocenters.